The van der Waals surface area contributed by atoms with Crippen LogP contribution in [0.5, 0.6) is 17.2 Å². The molecule has 1 aliphatic heterocycles. The van der Waals surface area contributed by atoms with Crippen molar-refractivity contribution in [2.45, 2.75) is 26.0 Å². The van der Waals surface area contributed by atoms with E-state index in [1.165, 1.54) is 12.0 Å². The normalized spacial score (nSPS) is 16.4. The number of aliphatic hydroxyl groups excluding tert-OH is 1. The lowest BCUT2D eigenvalue weighted by Crippen LogP contribution is -2.32. The maximum absolute atomic E-state index is 13.4. The molecule has 3 aromatic rings. The molecule has 8 heteroatoms. The zero-order valence-electron chi connectivity index (χ0n) is 23.6. The maximum Gasteiger partial charge on any atom is 0.295 e. The molecule has 0 unspecified atom stereocenters. The van der Waals surface area contributed by atoms with Gasteiger partial charge in [0.15, 0.2) is 11.5 Å². The number of ketones is 1. The molecule has 0 spiro atoms. The molecule has 1 amide bonds. The number of likely N-dealkylation sites (tertiary alicyclic amines) is 1. The summed E-state index contributed by atoms with van der Waals surface area (Å²) in [7, 11) is 6.98. The van der Waals surface area contributed by atoms with Crippen LogP contribution in [0.3, 0.4) is 0 Å². The highest BCUT2D eigenvalue weighted by atomic mass is 16.5. The van der Waals surface area contributed by atoms with Crippen LogP contribution in [-0.2, 0) is 16.2 Å². The average molecular weight is 545 g/mol. The van der Waals surface area contributed by atoms with Crippen molar-refractivity contribution in [3.05, 3.63) is 94.6 Å². The number of carbonyl (C=O) groups excluding carboxylic acids is 2. The van der Waals surface area contributed by atoms with E-state index in [0.717, 1.165) is 12.1 Å². The third kappa shape index (κ3) is 6.13. The fraction of sp³-hybridized carbons (Fsp3) is 0.312. The minimum absolute atomic E-state index is 0.0446. The first-order chi connectivity index (χ1) is 19.2. The van der Waals surface area contributed by atoms with Gasteiger partial charge in [0, 0.05) is 12.1 Å². The van der Waals surface area contributed by atoms with Crippen molar-refractivity contribution in [3.63, 3.8) is 0 Å². The van der Waals surface area contributed by atoms with Crippen LogP contribution in [-0.4, -0.2) is 68.0 Å². The highest BCUT2D eigenvalue weighted by molar-refractivity contribution is 6.46. The van der Waals surface area contributed by atoms with Gasteiger partial charge in [-0.25, -0.2) is 0 Å². The smallest absolute Gasteiger partial charge is 0.295 e. The van der Waals surface area contributed by atoms with Crippen LogP contribution in [0.25, 0.3) is 5.76 Å². The Labute approximate surface area is 235 Å². The Morgan fingerprint density at radius 1 is 0.950 bits per heavy atom. The SMILES string of the molecule is COc1ccc([C@H]2C(=C(O)c3ccc(OCc4ccccc4)cc3C)C(=O)C(=O)N2CCCN(C)C)cc1OC. The number of rotatable bonds is 11. The highest BCUT2D eigenvalue weighted by Gasteiger charge is 2.46. The second-order valence-corrected chi connectivity index (χ2v) is 10.0. The molecule has 1 heterocycles. The summed E-state index contributed by atoms with van der Waals surface area (Å²) >= 11 is 0. The molecule has 40 heavy (non-hydrogen) atoms. The van der Waals surface area contributed by atoms with Gasteiger partial charge in [-0.15, -0.1) is 0 Å². The number of Topliss-reactive ketones (excluding diaryl/α,β-unsaturated/α-hetero) is 1. The molecule has 1 fully saturated rings. The zero-order chi connectivity index (χ0) is 28.8. The maximum atomic E-state index is 13.4. The van der Waals surface area contributed by atoms with Gasteiger partial charge in [0.1, 0.15) is 18.1 Å². The summed E-state index contributed by atoms with van der Waals surface area (Å²) in [5.41, 5.74) is 2.90. The Bertz CT molecular complexity index is 1400. The van der Waals surface area contributed by atoms with Crippen LogP contribution < -0.4 is 14.2 Å². The van der Waals surface area contributed by atoms with E-state index in [1.54, 1.807) is 37.4 Å². The number of carbonyl (C=O) groups is 2. The lowest BCUT2D eigenvalue weighted by atomic mass is 9.93. The summed E-state index contributed by atoms with van der Waals surface area (Å²) < 4.78 is 16.8. The van der Waals surface area contributed by atoms with Crippen molar-refractivity contribution < 1.29 is 28.9 Å². The molecule has 0 saturated carbocycles. The third-order valence-electron chi connectivity index (χ3n) is 6.97. The summed E-state index contributed by atoms with van der Waals surface area (Å²) in [6.07, 6.45) is 0.663. The highest BCUT2D eigenvalue weighted by Crippen LogP contribution is 2.42. The number of hydrogen-bond donors (Lipinski definition) is 1. The average Bonchev–Trinajstić information content (AvgIpc) is 3.21. The molecule has 1 N–H and O–H groups in total. The molecule has 8 nitrogen and oxygen atoms in total. The van der Waals surface area contributed by atoms with E-state index in [-0.39, 0.29) is 11.3 Å². The number of amides is 1. The second kappa shape index (κ2) is 12.7. The van der Waals surface area contributed by atoms with Gasteiger partial charge in [-0.2, -0.15) is 0 Å². The topological polar surface area (TPSA) is 88.5 Å². The largest absolute Gasteiger partial charge is 0.507 e. The van der Waals surface area contributed by atoms with Crippen LogP contribution in [0.15, 0.2) is 72.3 Å². The van der Waals surface area contributed by atoms with Crippen molar-refractivity contribution in [2.75, 3.05) is 41.4 Å². The van der Waals surface area contributed by atoms with Gasteiger partial charge >= 0.3 is 0 Å². The van der Waals surface area contributed by atoms with E-state index >= 15 is 0 Å². The Hall–Kier alpha value is -4.30. The Morgan fingerprint density at radius 3 is 2.33 bits per heavy atom. The number of methoxy groups -OCH3 is 2. The molecule has 0 aliphatic carbocycles. The summed E-state index contributed by atoms with van der Waals surface area (Å²) in [5, 5.41) is 11.6. The van der Waals surface area contributed by atoms with Gasteiger partial charge in [-0.05, 0) is 81.0 Å². The zero-order valence-corrected chi connectivity index (χ0v) is 23.6. The van der Waals surface area contributed by atoms with E-state index in [9.17, 15) is 14.7 Å². The molecule has 1 aliphatic rings. The number of hydrogen-bond acceptors (Lipinski definition) is 7. The molecule has 4 rings (SSSR count). The van der Waals surface area contributed by atoms with E-state index in [1.807, 2.05) is 62.3 Å². The van der Waals surface area contributed by atoms with Crippen LogP contribution in [0, 0.1) is 6.92 Å². The molecule has 210 valence electrons. The predicted octanol–water partition coefficient (Wildman–Crippen LogP) is 4.96. The van der Waals surface area contributed by atoms with Gasteiger partial charge in [0.2, 0.25) is 0 Å². The Kier molecular flexibility index (Phi) is 9.11. The van der Waals surface area contributed by atoms with Crippen molar-refractivity contribution in [1.29, 1.82) is 0 Å². The first-order valence-electron chi connectivity index (χ1n) is 13.2. The standard InChI is InChI=1S/C32H36N2O6/c1-21-18-24(40-20-22-10-7-6-8-11-22)13-14-25(21)30(35)28-29(23-12-15-26(38-4)27(19-23)39-5)34(32(37)31(28)36)17-9-16-33(2)3/h6-8,10-15,18-19,29,35H,9,16-17,20H2,1-5H3/t29-/m0/s1. The number of aryl methyl sites for hydroxylation is 1. The van der Waals surface area contributed by atoms with Crippen LogP contribution in [0.4, 0.5) is 0 Å². The van der Waals surface area contributed by atoms with Crippen LogP contribution >= 0.6 is 0 Å². The molecule has 0 radical (unpaired) electrons. The minimum atomic E-state index is -0.782. The van der Waals surface area contributed by atoms with Gasteiger partial charge in [-0.3, -0.25) is 9.59 Å². The number of ether oxygens (including phenoxy) is 3. The van der Waals surface area contributed by atoms with Gasteiger partial charge < -0.3 is 29.1 Å². The van der Waals surface area contributed by atoms with Crippen molar-refractivity contribution >= 4 is 17.4 Å². The quantitative estimate of drug-likeness (QED) is 0.207. The first-order valence-corrected chi connectivity index (χ1v) is 13.2. The molecule has 0 aromatic heterocycles. The lowest BCUT2D eigenvalue weighted by Gasteiger charge is -2.26. The third-order valence-corrected chi connectivity index (χ3v) is 6.97. The fourth-order valence-electron chi connectivity index (χ4n) is 4.91. The number of aliphatic hydroxyl groups is 1. The van der Waals surface area contributed by atoms with Gasteiger partial charge in [0.05, 0.1) is 25.8 Å². The predicted molar refractivity (Wildman–Crippen MR) is 154 cm³/mol. The minimum Gasteiger partial charge on any atom is -0.507 e. The Balaban J connectivity index is 1.73. The summed E-state index contributed by atoms with van der Waals surface area (Å²) in [6.45, 7) is 3.33. The van der Waals surface area contributed by atoms with Gasteiger partial charge in [0.25, 0.3) is 11.7 Å². The number of nitrogens with zero attached hydrogens (tertiary/aromatic N) is 2. The van der Waals surface area contributed by atoms with Crippen molar-refractivity contribution in [2.24, 2.45) is 0 Å². The van der Waals surface area contributed by atoms with E-state index < -0.39 is 17.7 Å². The van der Waals surface area contributed by atoms with E-state index in [0.29, 0.717) is 53.5 Å². The molecule has 3 aromatic carbocycles. The molecule has 1 atom stereocenters. The Morgan fingerprint density at radius 2 is 1.68 bits per heavy atom. The van der Waals surface area contributed by atoms with Crippen molar-refractivity contribution in [1.82, 2.24) is 9.80 Å². The van der Waals surface area contributed by atoms with Crippen LogP contribution in [0.1, 0.15) is 34.7 Å². The van der Waals surface area contributed by atoms with Gasteiger partial charge in [-0.1, -0.05) is 36.4 Å². The fourth-order valence-corrected chi connectivity index (χ4v) is 4.91. The number of benzene rings is 3. The van der Waals surface area contributed by atoms with E-state index in [4.69, 9.17) is 14.2 Å². The lowest BCUT2D eigenvalue weighted by molar-refractivity contribution is -0.139. The monoisotopic (exact) mass is 544 g/mol. The molecular formula is C32H36N2O6. The van der Waals surface area contributed by atoms with E-state index in [2.05, 4.69) is 0 Å². The summed E-state index contributed by atoms with van der Waals surface area (Å²) in [6, 6.07) is 19.6. The molecule has 1 saturated heterocycles. The van der Waals surface area contributed by atoms with Crippen LogP contribution in [0.2, 0.25) is 0 Å². The first kappa shape index (κ1) is 28.7. The summed E-state index contributed by atoms with van der Waals surface area (Å²) in [4.78, 5) is 30.3. The van der Waals surface area contributed by atoms with Crippen molar-refractivity contribution in [3.8, 4) is 17.2 Å². The summed E-state index contributed by atoms with van der Waals surface area (Å²) in [5.74, 6) is 0.0538. The molecule has 0 bridgehead atoms. The molecular weight excluding hydrogens is 508 g/mol. The second-order valence-electron chi connectivity index (χ2n) is 10.0.